The van der Waals surface area contributed by atoms with Crippen molar-refractivity contribution >= 4 is 27.3 Å². The number of carbonyl (C=O) groups is 1. The van der Waals surface area contributed by atoms with Gasteiger partial charge in [0.15, 0.2) is 0 Å². The summed E-state index contributed by atoms with van der Waals surface area (Å²) in [6, 6.07) is 19.7. The van der Waals surface area contributed by atoms with Crippen LogP contribution < -0.4 is 9.62 Å². The van der Waals surface area contributed by atoms with Crippen molar-refractivity contribution in [3.63, 3.8) is 0 Å². The van der Waals surface area contributed by atoms with Crippen LogP contribution in [0.1, 0.15) is 34.0 Å². The summed E-state index contributed by atoms with van der Waals surface area (Å²) in [5.74, 6) is -0.124. The van der Waals surface area contributed by atoms with Crippen LogP contribution in [0.15, 0.2) is 71.6 Å². The molecule has 30 heavy (non-hydrogen) atoms. The molecule has 6 heteroatoms. The Morgan fingerprint density at radius 2 is 1.67 bits per heavy atom. The topological polar surface area (TPSA) is 66.5 Å². The summed E-state index contributed by atoms with van der Waals surface area (Å²) in [5, 5.41) is 0. The number of nitrogens with one attached hydrogen (secondary N) is 1. The Bertz CT molecular complexity index is 1220. The van der Waals surface area contributed by atoms with Crippen molar-refractivity contribution in [2.45, 2.75) is 38.1 Å². The van der Waals surface area contributed by atoms with Crippen LogP contribution in [0.25, 0.3) is 0 Å². The van der Waals surface area contributed by atoms with E-state index in [2.05, 4.69) is 4.72 Å². The van der Waals surface area contributed by atoms with Gasteiger partial charge in [0.2, 0.25) is 0 Å². The Balaban J connectivity index is 1.67. The first-order chi connectivity index (χ1) is 14.3. The number of para-hydroxylation sites is 1. The molecule has 0 aliphatic carbocycles. The van der Waals surface area contributed by atoms with Crippen LogP contribution in [-0.4, -0.2) is 20.4 Å². The second-order valence-corrected chi connectivity index (χ2v) is 9.44. The Morgan fingerprint density at radius 3 is 2.40 bits per heavy atom. The van der Waals surface area contributed by atoms with Crippen molar-refractivity contribution < 1.29 is 13.2 Å². The molecule has 1 amide bonds. The van der Waals surface area contributed by atoms with Crippen LogP contribution in [-0.2, 0) is 16.4 Å². The molecule has 1 aliphatic heterocycles. The summed E-state index contributed by atoms with van der Waals surface area (Å²) >= 11 is 0. The molecule has 3 aromatic rings. The van der Waals surface area contributed by atoms with Crippen molar-refractivity contribution in [3.8, 4) is 0 Å². The minimum atomic E-state index is -3.75. The largest absolute Gasteiger partial charge is 0.305 e. The molecular weight excluding hydrogens is 396 g/mol. The predicted molar refractivity (Wildman–Crippen MR) is 120 cm³/mol. The molecule has 0 saturated carbocycles. The summed E-state index contributed by atoms with van der Waals surface area (Å²) < 4.78 is 28.3. The zero-order chi connectivity index (χ0) is 21.5. The van der Waals surface area contributed by atoms with Gasteiger partial charge in [0.05, 0.1) is 10.6 Å². The van der Waals surface area contributed by atoms with Gasteiger partial charge in [0, 0.05) is 17.3 Å². The quantitative estimate of drug-likeness (QED) is 0.666. The van der Waals surface area contributed by atoms with Crippen LogP contribution in [0.4, 0.5) is 11.4 Å². The number of rotatable bonds is 4. The summed E-state index contributed by atoms with van der Waals surface area (Å²) in [6.07, 6.45) is 0.806. The molecule has 154 valence electrons. The molecule has 1 aliphatic rings. The number of sulfonamides is 1. The first kappa shape index (κ1) is 20.2. The van der Waals surface area contributed by atoms with E-state index in [4.69, 9.17) is 0 Å². The first-order valence-electron chi connectivity index (χ1n) is 9.88. The second kappa shape index (κ2) is 7.61. The van der Waals surface area contributed by atoms with Crippen LogP contribution in [0.3, 0.4) is 0 Å². The lowest BCUT2D eigenvalue weighted by Crippen LogP contribution is -2.36. The van der Waals surface area contributed by atoms with E-state index in [1.165, 1.54) is 0 Å². The number of aryl methyl sites for hydroxylation is 1. The molecule has 0 saturated heterocycles. The van der Waals surface area contributed by atoms with Crippen molar-refractivity contribution in [1.29, 1.82) is 0 Å². The lowest BCUT2D eigenvalue weighted by molar-refractivity contribution is 0.0981. The summed E-state index contributed by atoms with van der Waals surface area (Å²) in [4.78, 5) is 15.4. The first-order valence-corrected chi connectivity index (χ1v) is 11.4. The maximum atomic E-state index is 13.4. The highest BCUT2D eigenvalue weighted by atomic mass is 32.2. The lowest BCUT2D eigenvalue weighted by Gasteiger charge is -2.24. The summed E-state index contributed by atoms with van der Waals surface area (Å²) in [6.45, 7) is 5.70. The number of hydrogen-bond donors (Lipinski definition) is 1. The highest BCUT2D eigenvalue weighted by Gasteiger charge is 2.32. The highest BCUT2D eigenvalue weighted by molar-refractivity contribution is 7.92. The predicted octanol–water partition coefficient (Wildman–Crippen LogP) is 4.70. The van der Waals surface area contributed by atoms with Gasteiger partial charge in [-0.05, 0) is 68.7 Å². The van der Waals surface area contributed by atoms with Gasteiger partial charge in [-0.15, -0.1) is 0 Å². The molecule has 0 bridgehead atoms. The van der Waals surface area contributed by atoms with Gasteiger partial charge in [0.25, 0.3) is 15.9 Å². The lowest BCUT2D eigenvalue weighted by atomic mass is 10.1. The average Bonchev–Trinajstić information content (AvgIpc) is 3.05. The third-order valence-electron chi connectivity index (χ3n) is 5.57. The molecule has 4 rings (SSSR count). The standard InChI is InChI=1S/C24H24N2O3S/c1-16-11-13-20(14-12-16)30(28,29)25-22-9-6-8-21(18(22)3)24(27)26-17(2)15-19-7-4-5-10-23(19)26/h4-14,17,25H,15H2,1-3H3/t17-/m1/s1. The normalized spacial score (nSPS) is 15.7. The molecule has 1 N–H and O–H groups in total. The monoisotopic (exact) mass is 420 g/mol. The molecule has 3 aromatic carbocycles. The van der Waals surface area contributed by atoms with Gasteiger partial charge >= 0.3 is 0 Å². The number of hydrogen-bond acceptors (Lipinski definition) is 3. The van der Waals surface area contributed by atoms with Gasteiger partial charge < -0.3 is 4.90 Å². The highest BCUT2D eigenvalue weighted by Crippen LogP contribution is 2.34. The van der Waals surface area contributed by atoms with E-state index in [-0.39, 0.29) is 16.8 Å². The van der Waals surface area contributed by atoms with Crippen LogP contribution in [0.2, 0.25) is 0 Å². The smallest absolute Gasteiger partial charge is 0.261 e. The van der Waals surface area contributed by atoms with Crippen LogP contribution in [0, 0.1) is 13.8 Å². The molecule has 5 nitrogen and oxygen atoms in total. The van der Waals surface area contributed by atoms with Crippen molar-refractivity contribution in [3.05, 3.63) is 89.0 Å². The van der Waals surface area contributed by atoms with E-state index < -0.39 is 10.0 Å². The number of anilines is 2. The molecule has 1 atom stereocenters. The Hall–Kier alpha value is -3.12. The summed E-state index contributed by atoms with van der Waals surface area (Å²) in [7, 11) is -3.75. The van der Waals surface area contributed by atoms with E-state index in [9.17, 15) is 13.2 Å². The van der Waals surface area contributed by atoms with Crippen LogP contribution in [0.5, 0.6) is 0 Å². The molecule has 0 radical (unpaired) electrons. The fourth-order valence-electron chi connectivity index (χ4n) is 3.90. The molecular formula is C24H24N2O3S. The van der Waals surface area contributed by atoms with Crippen molar-refractivity contribution in [2.24, 2.45) is 0 Å². The molecule has 1 heterocycles. The second-order valence-electron chi connectivity index (χ2n) is 7.75. The minimum absolute atomic E-state index is 0.0437. The van der Waals surface area contributed by atoms with Crippen molar-refractivity contribution in [2.75, 3.05) is 9.62 Å². The van der Waals surface area contributed by atoms with E-state index >= 15 is 0 Å². The SMILES string of the molecule is Cc1ccc(S(=O)(=O)Nc2cccc(C(=O)N3c4ccccc4C[C@H]3C)c2C)cc1. The van der Waals surface area contributed by atoms with Crippen LogP contribution >= 0.6 is 0 Å². The average molecular weight is 421 g/mol. The third-order valence-corrected chi connectivity index (χ3v) is 6.95. The van der Waals surface area contributed by atoms with Gasteiger partial charge in [-0.2, -0.15) is 0 Å². The Kier molecular flexibility index (Phi) is 5.12. The third kappa shape index (κ3) is 3.59. The number of carbonyl (C=O) groups excluding carboxylic acids is 1. The fourth-order valence-corrected chi connectivity index (χ4v) is 5.03. The van der Waals surface area contributed by atoms with Gasteiger partial charge in [-0.3, -0.25) is 9.52 Å². The van der Waals surface area contributed by atoms with Gasteiger partial charge in [-0.25, -0.2) is 8.42 Å². The number of benzene rings is 3. The molecule has 0 fully saturated rings. The van der Waals surface area contributed by atoms with E-state index in [1.54, 1.807) is 54.3 Å². The number of fused-ring (bicyclic) bond motifs is 1. The van der Waals surface area contributed by atoms with Gasteiger partial charge in [-0.1, -0.05) is 42.0 Å². The molecule has 0 unspecified atom stereocenters. The molecule has 0 spiro atoms. The van der Waals surface area contributed by atoms with Gasteiger partial charge in [0.1, 0.15) is 0 Å². The molecule has 0 aromatic heterocycles. The fraction of sp³-hybridized carbons (Fsp3) is 0.208. The maximum absolute atomic E-state index is 13.4. The van der Waals surface area contributed by atoms with E-state index in [1.807, 2.05) is 38.1 Å². The number of nitrogens with zero attached hydrogens (tertiary/aromatic N) is 1. The number of amides is 1. The Morgan fingerprint density at radius 1 is 0.967 bits per heavy atom. The van der Waals surface area contributed by atoms with E-state index in [0.717, 1.165) is 23.2 Å². The minimum Gasteiger partial charge on any atom is -0.305 e. The zero-order valence-electron chi connectivity index (χ0n) is 17.2. The van der Waals surface area contributed by atoms with E-state index in [0.29, 0.717) is 16.8 Å². The maximum Gasteiger partial charge on any atom is 0.261 e. The summed E-state index contributed by atoms with van der Waals surface area (Å²) in [5.41, 5.74) is 4.55. The zero-order valence-corrected chi connectivity index (χ0v) is 18.0. The Labute approximate surface area is 177 Å². The van der Waals surface area contributed by atoms with Crippen molar-refractivity contribution in [1.82, 2.24) is 0 Å².